The number of hydrogen-bond acceptors (Lipinski definition) is 7. The van der Waals surface area contributed by atoms with Gasteiger partial charge in [-0.05, 0) is 42.0 Å². The van der Waals surface area contributed by atoms with Gasteiger partial charge in [-0.15, -0.1) is 0 Å². The lowest BCUT2D eigenvalue weighted by atomic mass is 9.95. The van der Waals surface area contributed by atoms with Gasteiger partial charge in [0.15, 0.2) is 22.9 Å². The predicted molar refractivity (Wildman–Crippen MR) is 127 cm³/mol. The number of methoxy groups -OCH3 is 2. The number of aromatic nitrogens is 1. The maximum Gasteiger partial charge on any atom is 0.290 e. The molecule has 0 radical (unpaired) electrons. The minimum absolute atomic E-state index is 0.00273. The molecule has 8 heteroatoms. The van der Waals surface area contributed by atoms with Gasteiger partial charge in [-0.1, -0.05) is 30.3 Å². The van der Waals surface area contributed by atoms with E-state index in [-0.39, 0.29) is 17.9 Å². The van der Waals surface area contributed by atoms with Crippen LogP contribution in [0, 0.1) is 0 Å². The van der Waals surface area contributed by atoms with Gasteiger partial charge in [0.1, 0.15) is 5.75 Å². The van der Waals surface area contributed by atoms with Crippen LogP contribution in [0.3, 0.4) is 0 Å². The van der Waals surface area contributed by atoms with Crippen molar-refractivity contribution >= 4 is 22.7 Å². The molecule has 4 aromatic rings. The van der Waals surface area contributed by atoms with Crippen LogP contribution in [0.25, 0.3) is 11.0 Å². The molecule has 1 amide bonds. The molecule has 35 heavy (non-hydrogen) atoms. The summed E-state index contributed by atoms with van der Waals surface area (Å²) in [6, 6.07) is 18.4. The molecule has 176 valence electrons. The number of para-hydroxylation sites is 1. The molecule has 0 saturated heterocycles. The number of amides is 1. The van der Waals surface area contributed by atoms with Crippen molar-refractivity contribution < 1.29 is 28.6 Å². The van der Waals surface area contributed by atoms with Gasteiger partial charge in [0, 0.05) is 11.6 Å². The van der Waals surface area contributed by atoms with Gasteiger partial charge >= 0.3 is 0 Å². The van der Waals surface area contributed by atoms with Crippen molar-refractivity contribution in [1.82, 2.24) is 9.88 Å². The smallest absolute Gasteiger partial charge is 0.290 e. The van der Waals surface area contributed by atoms with E-state index < -0.39 is 23.5 Å². The van der Waals surface area contributed by atoms with E-state index in [1.807, 2.05) is 6.07 Å². The fourth-order valence-electron chi connectivity index (χ4n) is 4.29. The normalized spacial score (nSPS) is 15.7. The average Bonchev–Trinajstić information content (AvgIpc) is 3.44. The van der Waals surface area contributed by atoms with Crippen LogP contribution in [-0.4, -0.2) is 40.9 Å². The van der Waals surface area contributed by atoms with E-state index in [0.29, 0.717) is 33.7 Å². The zero-order valence-electron chi connectivity index (χ0n) is 19.1. The van der Waals surface area contributed by atoms with Crippen molar-refractivity contribution in [2.24, 2.45) is 0 Å². The molecule has 3 heterocycles. The molecule has 0 aliphatic carbocycles. The SMILES string of the molecule is COc1ccc(C2C(C(=O)c3cc4cccc(OC)c4o3)=C(O)C(=O)N2Cc2ccccn2)cc1. The average molecular weight is 470 g/mol. The first-order chi connectivity index (χ1) is 17.0. The van der Waals surface area contributed by atoms with Gasteiger partial charge in [0.05, 0.1) is 38.1 Å². The maximum atomic E-state index is 13.7. The van der Waals surface area contributed by atoms with Crippen LogP contribution in [0.2, 0.25) is 0 Å². The Morgan fingerprint density at radius 1 is 1.06 bits per heavy atom. The zero-order valence-corrected chi connectivity index (χ0v) is 19.1. The second-order valence-electron chi connectivity index (χ2n) is 8.01. The number of ketones is 1. The molecule has 5 rings (SSSR count). The lowest BCUT2D eigenvalue weighted by Crippen LogP contribution is -2.31. The standard InChI is InChI=1S/C27H22N2O6/c1-33-19-11-9-16(10-12-19)23-22(25(31)27(32)29(23)15-18-7-3-4-13-28-18)24(30)21-14-17-6-5-8-20(34-2)26(17)35-21/h3-14,23,31H,15H2,1-2H3. The Labute approximate surface area is 201 Å². The number of benzene rings is 2. The third kappa shape index (κ3) is 3.89. The third-order valence-electron chi connectivity index (χ3n) is 5.99. The molecular weight excluding hydrogens is 448 g/mol. The maximum absolute atomic E-state index is 13.7. The summed E-state index contributed by atoms with van der Waals surface area (Å²) in [4.78, 5) is 32.6. The Morgan fingerprint density at radius 3 is 2.54 bits per heavy atom. The number of nitrogens with zero attached hydrogens (tertiary/aromatic N) is 2. The van der Waals surface area contributed by atoms with E-state index >= 15 is 0 Å². The van der Waals surface area contributed by atoms with E-state index in [1.165, 1.54) is 12.0 Å². The molecule has 1 N–H and O–H groups in total. The molecule has 0 saturated carbocycles. The van der Waals surface area contributed by atoms with Crippen LogP contribution in [0.15, 0.2) is 88.7 Å². The summed E-state index contributed by atoms with van der Waals surface area (Å²) >= 11 is 0. The van der Waals surface area contributed by atoms with Crippen molar-refractivity contribution in [2.75, 3.05) is 14.2 Å². The summed E-state index contributed by atoms with van der Waals surface area (Å²) in [7, 11) is 3.07. The molecule has 1 unspecified atom stereocenters. The lowest BCUT2D eigenvalue weighted by molar-refractivity contribution is -0.130. The molecular formula is C27H22N2O6. The summed E-state index contributed by atoms with van der Waals surface area (Å²) in [5.41, 5.74) is 1.61. The number of aliphatic hydroxyl groups excluding tert-OH is 1. The number of ether oxygens (including phenoxy) is 2. The van der Waals surface area contributed by atoms with Gasteiger partial charge in [-0.3, -0.25) is 14.6 Å². The Kier molecular flexibility index (Phi) is 5.70. The first-order valence-electron chi connectivity index (χ1n) is 10.9. The molecule has 8 nitrogen and oxygen atoms in total. The minimum atomic E-state index is -0.849. The number of pyridine rings is 1. The van der Waals surface area contributed by atoms with Gasteiger partial charge in [-0.2, -0.15) is 0 Å². The number of furan rings is 1. The van der Waals surface area contributed by atoms with Crippen molar-refractivity contribution in [3.8, 4) is 11.5 Å². The van der Waals surface area contributed by atoms with Crippen molar-refractivity contribution in [3.05, 3.63) is 101 Å². The van der Waals surface area contributed by atoms with Gasteiger partial charge in [-0.25, -0.2) is 0 Å². The van der Waals surface area contributed by atoms with Gasteiger partial charge in [0.25, 0.3) is 5.91 Å². The molecule has 0 fully saturated rings. The number of carbonyl (C=O) groups excluding carboxylic acids is 2. The number of rotatable bonds is 7. The number of aliphatic hydroxyl groups is 1. The molecule has 2 aromatic heterocycles. The van der Waals surface area contributed by atoms with Crippen LogP contribution >= 0.6 is 0 Å². The Bertz CT molecular complexity index is 1440. The molecule has 2 aromatic carbocycles. The summed E-state index contributed by atoms with van der Waals surface area (Å²) < 4.78 is 16.4. The summed E-state index contributed by atoms with van der Waals surface area (Å²) in [6.07, 6.45) is 1.62. The fraction of sp³-hybridized carbons (Fsp3) is 0.148. The van der Waals surface area contributed by atoms with Crippen LogP contribution in [0.4, 0.5) is 0 Å². The summed E-state index contributed by atoms with van der Waals surface area (Å²) in [6.45, 7) is 0.102. The molecule has 0 bridgehead atoms. The highest BCUT2D eigenvalue weighted by Gasteiger charge is 2.44. The van der Waals surface area contributed by atoms with Crippen LogP contribution < -0.4 is 9.47 Å². The molecule has 1 aliphatic rings. The van der Waals surface area contributed by atoms with E-state index in [2.05, 4.69) is 4.98 Å². The van der Waals surface area contributed by atoms with E-state index in [1.54, 1.807) is 74.0 Å². The largest absolute Gasteiger partial charge is 0.503 e. The van der Waals surface area contributed by atoms with Crippen LogP contribution in [0.5, 0.6) is 11.5 Å². The van der Waals surface area contributed by atoms with Gasteiger partial charge < -0.3 is 23.9 Å². The lowest BCUT2D eigenvalue weighted by Gasteiger charge is -2.26. The van der Waals surface area contributed by atoms with E-state index in [9.17, 15) is 14.7 Å². The number of fused-ring (bicyclic) bond motifs is 1. The second kappa shape index (κ2) is 8.98. The van der Waals surface area contributed by atoms with Crippen molar-refractivity contribution in [3.63, 3.8) is 0 Å². The topological polar surface area (TPSA) is 102 Å². The molecule has 1 atom stereocenters. The third-order valence-corrected chi connectivity index (χ3v) is 5.99. The van der Waals surface area contributed by atoms with Gasteiger partial charge in [0.2, 0.25) is 5.78 Å². The molecule has 1 aliphatic heterocycles. The highest BCUT2D eigenvalue weighted by Crippen LogP contribution is 2.41. The van der Waals surface area contributed by atoms with Crippen LogP contribution in [0.1, 0.15) is 27.9 Å². The second-order valence-corrected chi connectivity index (χ2v) is 8.01. The summed E-state index contributed by atoms with van der Waals surface area (Å²) in [5.74, 6) is -0.756. The monoisotopic (exact) mass is 470 g/mol. The highest BCUT2D eigenvalue weighted by atomic mass is 16.5. The first-order valence-corrected chi connectivity index (χ1v) is 10.9. The number of hydrogen-bond donors (Lipinski definition) is 1. The Hall–Kier alpha value is -4.59. The number of carbonyl (C=O) groups is 2. The summed E-state index contributed by atoms with van der Waals surface area (Å²) in [5, 5.41) is 11.6. The Balaban J connectivity index is 1.60. The minimum Gasteiger partial charge on any atom is -0.503 e. The Morgan fingerprint density at radius 2 is 1.86 bits per heavy atom. The highest BCUT2D eigenvalue weighted by molar-refractivity contribution is 6.16. The fourth-order valence-corrected chi connectivity index (χ4v) is 4.29. The van der Waals surface area contributed by atoms with Crippen molar-refractivity contribution in [1.29, 1.82) is 0 Å². The predicted octanol–water partition coefficient (Wildman–Crippen LogP) is 4.62. The van der Waals surface area contributed by atoms with Crippen LogP contribution in [-0.2, 0) is 11.3 Å². The quantitative estimate of drug-likeness (QED) is 0.393. The zero-order chi connectivity index (χ0) is 24.5. The van der Waals surface area contributed by atoms with E-state index in [0.717, 1.165) is 0 Å². The van der Waals surface area contributed by atoms with Crippen molar-refractivity contribution in [2.45, 2.75) is 12.6 Å². The molecule has 0 spiro atoms. The first kappa shape index (κ1) is 22.2. The van der Waals surface area contributed by atoms with E-state index in [4.69, 9.17) is 13.9 Å². The number of Topliss-reactive ketones (excluding diaryl/α,β-unsaturated/α-hetero) is 1.